The number of nitrogens with zero attached hydrogens (tertiary/aromatic N) is 5. The van der Waals surface area contributed by atoms with Gasteiger partial charge < -0.3 is 10.2 Å². The van der Waals surface area contributed by atoms with Gasteiger partial charge in [-0.25, -0.2) is 4.98 Å². The lowest BCUT2D eigenvalue weighted by Crippen LogP contribution is -2.43. The number of nitrogens with one attached hydrogen (secondary N) is 1. The molecule has 0 radical (unpaired) electrons. The van der Waals surface area contributed by atoms with Gasteiger partial charge in [-0.15, -0.1) is 0 Å². The highest BCUT2D eigenvalue weighted by Crippen LogP contribution is 2.32. The number of rotatable bonds is 3. The van der Waals surface area contributed by atoms with E-state index >= 15 is 0 Å². The third-order valence-electron chi connectivity index (χ3n) is 4.37. The van der Waals surface area contributed by atoms with Gasteiger partial charge in [-0.2, -0.15) is 18.6 Å². The van der Waals surface area contributed by atoms with E-state index in [0.717, 1.165) is 0 Å². The number of benzene rings is 1. The molecule has 1 aromatic carbocycles. The van der Waals surface area contributed by atoms with Gasteiger partial charge in [0.15, 0.2) is 5.82 Å². The predicted molar refractivity (Wildman–Crippen MR) is 122 cm³/mol. The first kappa shape index (κ1) is 23.7. The molecule has 3 heterocycles. The minimum atomic E-state index is -0.488. The summed E-state index contributed by atoms with van der Waals surface area (Å²) in [5.41, 5.74) is 0.956. The molecule has 1 aliphatic rings. The molecule has 4 rings (SSSR count). The van der Waals surface area contributed by atoms with Crippen LogP contribution >= 0.6 is 36.7 Å². The average Bonchev–Trinajstić information content (AvgIpc) is 3.14. The number of fused-ring (bicyclic) bond motifs is 1. The monoisotopic (exact) mass is 466 g/mol. The van der Waals surface area contributed by atoms with Crippen molar-refractivity contribution < 1.29 is 9.59 Å². The Morgan fingerprint density at radius 3 is 2.63 bits per heavy atom. The van der Waals surface area contributed by atoms with Crippen molar-refractivity contribution in [1.29, 1.82) is 0 Å². The van der Waals surface area contributed by atoms with Gasteiger partial charge in [0.05, 0.1) is 34.0 Å². The lowest BCUT2D eigenvalue weighted by molar-refractivity contribution is 0.0939. The number of halogens is 2. The average molecular weight is 467 g/mol. The van der Waals surface area contributed by atoms with Crippen LogP contribution in [0.25, 0.3) is 0 Å². The van der Waals surface area contributed by atoms with E-state index in [-0.39, 0.29) is 49.9 Å². The van der Waals surface area contributed by atoms with Gasteiger partial charge in [-0.1, -0.05) is 30.6 Å². The first-order chi connectivity index (χ1) is 13.5. The molecule has 1 atom stereocenters. The van der Waals surface area contributed by atoms with Crippen molar-refractivity contribution >= 4 is 60.0 Å². The van der Waals surface area contributed by atoms with Crippen LogP contribution in [0.2, 0.25) is 10.0 Å². The highest BCUT2D eigenvalue weighted by molar-refractivity contribution is 7.59. The molecular formula is C19H20Cl2N6O2S. The van der Waals surface area contributed by atoms with E-state index in [9.17, 15) is 9.59 Å². The summed E-state index contributed by atoms with van der Waals surface area (Å²) in [6.07, 6.45) is 5.76. The maximum absolute atomic E-state index is 13.2. The summed E-state index contributed by atoms with van der Waals surface area (Å²) in [5, 5.41) is 7.61. The van der Waals surface area contributed by atoms with Gasteiger partial charge in [0.2, 0.25) is 0 Å². The second-order valence-corrected chi connectivity index (χ2v) is 7.07. The lowest BCUT2D eigenvalue weighted by Gasteiger charge is -2.32. The van der Waals surface area contributed by atoms with Gasteiger partial charge in [-0.05, 0) is 25.1 Å². The zero-order valence-corrected chi connectivity index (χ0v) is 17.6. The maximum atomic E-state index is 13.2. The second kappa shape index (κ2) is 9.46. The number of carbonyl (C=O) groups excluding carboxylic acids is 2. The number of carbonyl (C=O) groups is 2. The third kappa shape index (κ3) is 4.28. The number of anilines is 2. The van der Waals surface area contributed by atoms with Gasteiger partial charge in [0, 0.05) is 24.6 Å². The fourth-order valence-electron chi connectivity index (χ4n) is 3.05. The Kier molecular flexibility index (Phi) is 7.46. The Hall–Kier alpha value is -2.62. The Morgan fingerprint density at radius 2 is 1.97 bits per heavy atom. The molecular weight excluding hydrogens is 447 g/mol. The minimum absolute atomic E-state index is 0. The topological polar surface area (TPSA) is 93.0 Å². The van der Waals surface area contributed by atoms with Crippen molar-refractivity contribution in [3.63, 3.8) is 0 Å². The largest absolute Gasteiger partial charge is 0.305 e. The highest BCUT2D eigenvalue weighted by Gasteiger charge is 2.35. The van der Waals surface area contributed by atoms with Crippen molar-refractivity contribution in [2.75, 3.05) is 16.8 Å². The molecule has 3 aromatic rings. The van der Waals surface area contributed by atoms with Crippen molar-refractivity contribution in [2.24, 2.45) is 0 Å². The predicted octanol–water partition coefficient (Wildman–Crippen LogP) is 4.20. The first-order valence-corrected chi connectivity index (χ1v) is 9.13. The number of hydrogen-bond acceptors (Lipinski definition) is 5. The highest BCUT2D eigenvalue weighted by atomic mass is 35.5. The molecule has 0 bridgehead atoms. The molecule has 158 valence electrons. The zero-order valence-electron chi connectivity index (χ0n) is 15.1. The molecule has 8 nitrogen and oxygen atoms in total. The van der Waals surface area contributed by atoms with E-state index in [1.54, 1.807) is 27.8 Å². The Morgan fingerprint density at radius 1 is 1.20 bits per heavy atom. The van der Waals surface area contributed by atoms with Gasteiger partial charge in [-0.3, -0.25) is 19.3 Å². The quantitative estimate of drug-likeness (QED) is 0.623. The maximum Gasteiger partial charge on any atom is 0.277 e. The first-order valence-electron chi connectivity index (χ1n) is 8.37. The molecule has 1 N–H and O–H groups in total. The molecule has 0 spiro atoms. The third-order valence-corrected chi connectivity index (χ3v) is 5.11. The second-order valence-electron chi connectivity index (χ2n) is 6.26. The molecule has 2 amide bonds. The summed E-state index contributed by atoms with van der Waals surface area (Å²) in [6, 6.07) is 4.83. The van der Waals surface area contributed by atoms with Crippen molar-refractivity contribution in [1.82, 2.24) is 19.7 Å². The van der Waals surface area contributed by atoms with Crippen LogP contribution in [0.15, 0.2) is 43.0 Å². The Bertz CT molecular complexity index is 1080. The van der Waals surface area contributed by atoms with Crippen molar-refractivity contribution in [3.8, 4) is 0 Å². The van der Waals surface area contributed by atoms with Crippen LogP contribution in [-0.2, 0) is 0 Å². The number of amides is 2. The van der Waals surface area contributed by atoms with Crippen LogP contribution in [-0.4, -0.2) is 38.1 Å². The lowest BCUT2D eigenvalue weighted by atomic mass is 10.1. The van der Waals surface area contributed by atoms with Crippen molar-refractivity contribution in [2.45, 2.75) is 20.4 Å². The smallest absolute Gasteiger partial charge is 0.277 e. The molecule has 1 aliphatic heterocycles. The molecule has 0 fully saturated rings. The number of hydrogen-bond donors (Lipinski definition) is 1. The molecule has 30 heavy (non-hydrogen) atoms. The summed E-state index contributed by atoms with van der Waals surface area (Å²) in [6.45, 7) is 2.30. The Balaban J connectivity index is 0.00000160. The number of aromatic nitrogens is 4. The Labute approximate surface area is 190 Å². The van der Waals surface area contributed by atoms with E-state index in [0.29, 0.717) is 22.3 Å². The summed E-state index contributed by atoms with van der Waals surface area (Å²) >= 11 is 12.1. The van der Waals surface area contributed by atoms with Crippen molar-refractivity contribution in [3.05, 3.63) is 64.3 Å². The van der Waals surface area contributed by atoms with E-state index in [4.69, 9.17) is 23.2 Å². The fraction of sp³-hybridized carbons (Fsp3) is 0.211. The van der Waals surface area contributed by atoms with Gasteiger partial charge in [0.25, 0.3) is 11.8 Å². The van der Waals surface area contributed by atoms with E-state index in [2.05, 4.69) is 20.4 Å². The van der Waals surface area contributed by atoms with Crippen LogP contribution in [0.3, 0.4) is 0 Å². The summed E-state index contributed by atoms with van der Waals surface area (Å²) < 4.78 is 1.56. The fourth-order valence-corrected chi connectivity index (χ4v) is 3.34. The van der Waals surface area contributed by atoms with E-state index < -0.39 is 5.91 Å². The molecule has 0 saturated heterocycles. The molecule has 11 heteroatoms. The molecule has 0 saturated carbocycles. The minimum Gasteiger partial charge on any atom is -0.305 e. The summed E-state index contributed by atoms with van der Waals surface area (Å²) in [5.74, 6) is -0.554. The standard InChI is InChI=1S/C18H14Cl2N6O2.CH4.H2S/c1-10-9-25(11-2-3-13(19)14(20)6-11)18(28)16-12(7-23-26(10)16)17(27)24-15-8-21-4-5-22-15;;/h2-8,10H,9H2,1H3,(H,22,24,27);1H4;1H2/t10-;;/m0../s1. The summed E-state index contributed by atoms with van der Waals surface area (Å²) in [4.78, 5) is 35.4. The SMILES string of the molecule is C.C[C@H]1CN(c2ccc(Cl)c(Cl)c2)C(=O)c2c(C(=O)Nc3cnccn3)cnn21.S. The van der Waals surface area contributed by atoms with E-state index in [1.807, 2.05) is 6.92 Å². The normalized spacial score (nSPS) is 15.0. The molecule has 2 aromatic heterocycles. The summed E-state index contributed by atoms with van der Waals surface area (Å²) in [7, 11) is 0. The van der Waals surface area contributed by atoms with Crippen LogP contribution in [0.1, 0.15) is 41.2 Å². The molecule has 0 unspecified atom stereocenters. The van der Waals surface area contributed by atoms with Crippen LogP contribution < -0.4 is 10.2 Å². The van der Waals surface area contributed by atoms with E-state index in [1.165, 1.54) is 24.8 Å². The van der Waals surface area contributed by atoms with Crippen LogP contribution in [0.5, 0.6) is 0 Å². The molecule has 0 aliphatic carbocycles. The van der Waals surface area contributed by atoms with Gasteiger partial charge >= 0.3 is 0 Å². The van der Waals surface area contributed by atoms with Crippen LogP contribution in [0, 0.1) is 0 Å². The van der Waals surface area contributed by atoms with Gasteiger partial charge in [0.1, 0.15) is 5.69 Å². The van der Waals surface area contributed by atoms with Crippen LogP contribution in [0.4, 0.5) is 11.5 Å². The zero-order chi connectivity index (χ0) is 19.8.